The van der Waals surface area contributed by atoms with Crippen molar-refractivity contribution in [2.45, 2.75) is 24.3 Å². The van der Waals surface area contributed by atoms with Gasteiger partial charge in [-0.2, -0.15) is 0 Å². The van der Waals surface area contributed by atoms with Crippen molar-refractivity contribution >= 4 is 31.7 Å². The first-order valence-electron chi connectivity index (χ1n) is 5.16. The molecule has 1 aromatic carbocycles. The quantitative estimate of drug-likeness (QED) is 0.894. The molecule has 0 saturated heterocycles. The second kappa shape index (κ2) is 5.79. The van der Waals surface area contributed by atoms with E-state index in [-0.39, 0.29) is 10.9 Å². The first-order chi connectivity index (χ1) is 8.27. The second-order valence-corrected chi connectivity index (χ2v) is 6.83. The third kappa shape index (κ3) is 3.52. The molecule has 0 aromatic heterocycles. The van der Waals surface area contributed by atoms with Gasteiger partial charge in [-0.25, -0.2) is 12.8 Å². The number of aliphatic carboxylic acids is 1. The Labute approximate surface area is 113 Å². The average Bonchev–Trinajstić information content (AvgIpc) is 2.22. The van der Waals surface area contributed by atoms with Crippen molar-refractivity contribution in [1.82, 2.24) is 0 Å². The molecular formula is C11H12BrFO4S. The highest BCUT2D eigenvalue weighted by Crippen LogP contribution is 2.20. The maximum atomic E-state index is 13.0. The van der Waals surface area contributed by atoms with Crippen molar-refractivity contribution in [1.29, 1.82) is 0 Å². The molecule has 0 radical (unpaired) electrons. The Hall–Kier alpha value is -0.950. The molecule has 1 N–H and O–H groups in total. The van der Waals surface area contributed by atoms with Gasteiger partial charge in [-0.1, -0.05) is 13.0 Å². The lowest BCUT2D eigenvalue weighted by atomic mass is 10.2. The molecule has 0 amide bonds. The lowest BCUT2D eigenvalue weighted by Gasteiger charge is -2.11. The summed E-state index contributed by atoms with van der Waals surface area (Å²) in [5.74, 6) is -2.28. The maximum absolute atomic E-state index is 13.0. The smallest absolute Gasteiger partial charge is 0.321 e. The molecule has 0 bridgehead atoms. The minimum atomic E-state index is -3.80. The van der Waals surface area contributed by atoms with Gasteiger partial charge in [-0.05, 0) is 40.0 Å². The molecule has 0 aliphatic heterocycles. The van der Waals surface area contributed by atoms with Crippen LogP contribution in [0.5, 0.6) is 0 Å². The van der Waals surface area contributed by atoms with Gasteiger partial charge < -0.3 is 5.11 Å². The minimum absolute atomic E-state index is 0.0000307. The van der Waals surface area contributed by atoms with Gasteiger partial charge in [0.15, 0.2) is 15.1 Å². The fourth-order valence-electron chi connectivity index (χ4n) is 1.54. The number of hydrogen-bond donors (Lipinski definition) is 1. The molecular weight excluding hydrogens is 327 g/mol. The van der Waals surface area contributed by atoms with Crippen LogP contribution in [0.25, 0.3) is 0 Å². The normalized spacial score (nSPS) is 13.3. The van der Waals surface area contributed by atoms with E-state index in [1.54, 1.807) is 0 Å². The first kappa shape index (κ1) is 15.1. The van der Waals surface area contributed by atoms with E-state index in [0.29, 0.717) is 5.56 Å². The van der Waals surface area contributed by atoms with Gasteiger partial charge in [0.2, 0.25) is 0 Å². The molecule has 0 aliphatic rings. The number of rotatable bonds is 5. The number of hydrogen-bond acceptors (Lipinski definition) is 3. The molecule has 18 heavy (non-hydrogen) atoms. The molecule has 4 nitrogen and oxygen atoms in total. The Morgan fingerprint density at radius 2 is 2.11 bits per heavy atom. The van der Waals surface area contributed by atoms with E-state index < -0.39 is 32.6 Å². The van der Waals surface area contributed by atoms with Gasteiger partial charge in [-0.15, -0.1) is 0 Å². The van der Waals surface area contributed by atoms with Crippen LogP contribution in [0.2, 0.25) is 0 Å². The van der Waals surface area contributed by atoms with Gasteiger partial charge in [0.1, 0.15) is 5.82 Å². The van der Waals surface area contributed by atoms with Crippen LogP contribution in [0.15, 0.2) is 22.7 Å². The monoisotopic (exact) mass is 338 g/mol. The predicted molar refractivity (Wildman–Crippen MR) is 68.4 cm³/mol. The molecule has 1 rings (SSSR count). The zero-order valence-electron chi connectivity index (χ0n) is 9.56. The topological polar surface area (TPSA) is 71.4 Å². The van der Waals surface area contributed by atoms with Crippen LogP contribution < -0.4 is 0 Å². The van der Waals surface area contributed by atoms with Gasteiger partial charge in [0.05, 0.1) is 10.2 Å². The maximum Gasteiger partial charge on any atom is 0.321 e. The summed E-state index contributed by atoms with van der Waals surface area (Å²) in [7, 11) is -3.80. The van der Waals surface area contributed by atoms with E-state index in [0.717, 1.165) is 6.07 Å². The lowest BCUT2D eigenvalue weighted by molar-refractivity contribution is -0.136. The van der Waals surface area contributed by atoms with Crippen molar-refractivity contribution in [2.75, 3.05) is 0 Å². The van der Waals surface area contributed by atoms with Crippen LogP contribution in [0.4, 0.5) is 4.39 Å². The Bertz CT molecular complexity index is 556. The van der Waals surface area contributed by atoms with Crippen molar-refractivity contribution < 1.29 is 22.7 Å². The number of carboxylic acid groups (broad SMARTS) is 1. The molecule has 0 fully saturated rings. The molecule has 1 atom stereocenters. The summed E-state index contributed by atoms with van der Waals surface area (Å²) < 4.78 is 36.9. The van der Waals surface area contributed by atoms with Crippen molar-refractivity contribution in [3.8, 4) is 0 Å². The third-order valence-electron chi connectivity index (χ3n) is 2.43. The zero-order chi connectivity index (χ0) is 13.9. The standard InChI is InChI=1S/C11H12BrFO4S/c1-2-10(11(14)15)18(16,17)6-7-3-4-9(13)8(12)5-7/h3-5,10H,2,6H2,1H3,(H,14,15). The highest BCUT2D eigenvalue weighted by atomic mass is 79.9. The van der Waals surface area contributed by atoms with Crippen molar-refractivity contribution in [3.63, 3.8) is 0 Å². The van der Waals surface area contributed by atoms with Gasteiger partial charge in [-0.3, -0.25) is 4.79 Å². The van der Waals surface area contributed by atoms with E-state index in [1.807, 2.05) is 0 Å². The van der Waals surface area contributed by atoms with Gasteiger partial charge in [0, 0.05) is 0 Å². The second-order valence-electron chi connectivity index (χ2n) is 3.79. The summed E-state index contributed by atoms with van der Waals surface area (Å²) in [6, 6.07) is 3.80. The molecule has 0 heterocycles. The molecule has 0 saturated carbocycles. The van der Waals surface area contributed by atoms with Crippen LogP contribution >= 0.6 is 15.9 Å². The van der Waals surface area contributed by atoms with Crippen molar-refractivity contribution in [3.05, 3.63) is 34.1 Å². The molecule has 1 unspecified atom stereocenters. The van der Waals surface area contributed by atoms with Crippen LogP contribution in [-0.2, 0) is 20.4 Å². The fraction of sp³-hybridized carbons (Fsp3) is 0.364. The lowest BCUT2D eigenvalue weighted by Crippen LogP contribution is -2.30. The molecule has 100 valence electrons. The average molecular weight is 339 g/mol. The SMILES string of the molecule is CCC(C(=O)O)S(=O)(=O)Cc1ccc(F)c(Br)c1. The van der Waals surface area contributed by atoms with E-state index in [9.17, 15) is 17.6 Å². The van der Waals surface area contributed by atoms with Gasteiger partial charge >= 0.3 is 5.97 Å². The van der Waals surface area contributed by atoms with E-state index in [4.69, 9.17) is 5.11 Å². The van der Waals surface area contributed by atoms with Crippen LogP contribution in [0.3, 0.4) is 0 Å². The molecule has 0 spiro atoms. The van der Waals surface area contributed by atoms with E-state index in [1.165, 1.54) is 19.1 Å². The van der Waals surface area contributed by atoms with E-state index in [2.05, 4.69) is 15.9 Å². The summed E-state index contributed by atoms with van der Waals surface area (Å²) in [6.45, 7) is 1.50. The van der Waals surface area contributed by atoms with Crippen LogP contribution in [0, 0.1) is 5.82 Å². The molecule has 1 aromatic rings. The summed E-state index contributed by atoms with van der Waals surface area (Å²) in [5.41, 5.74) is 0.350. The summed E-state index contributed by atoms with van der Waals surface area (Å²) in [4.78, 5) is 10.8. The number of benzene rings is 1. The Morgan fingerprint density at radius 1 is 1.50 bits per heavy atom. The first-order valence-corrected chi connectivity index (χ1v) is 7.67. The Balaban J connectivity index is 3.01. The molecule has 0 aliphatic carbocycles. The van der Waals surface area contributed by atoms with Crippen LogP contribution in [-0.4, -0.2) is 24.7 Å². The zero-order valence-corrected chi connectivity index (χ0v) is 12.0. The van der Waals surface area contributed by atoms with Crippen molar-refractivity contribution in [2.24, 2.45) is 0 Å². The highest BCUT2D eigenvalue weighted by molar-refractivity contribution is 9.10. The van der Waals surface area contributed by atoms with Gasteiger partial charge in [0.25, 0.3) is 0 Å². The number of halogens is 2. The Morgan fingerprint density at radius 3 is 2.56 bits per heavy atom. The van der Waals surface area contributed by atoms with E-state index >= 15 is 0 Å². The number of sulfone groups is 1. The minimum Gasteiger partial charge on any atom is -0.480 e. The number of carboxylic acids is 1. The third-order valence-corrected chi connectivity index (χ3v) is 5.18. The molecule has 7 heteroatoms. The fourth-order valence-corrected chi connectivity index (χ4v) is 3.63. The predicted octanol–water partition coefficient (Wildman–Crippen LogP) is 2.37. The summed E-state index contributed by atoms with van der Waals surface area (Å²) >= 11 is 2.95. The largest absolute Gasteiger partial charge is 0.480 e. The summed E-state index contributed by atoms with van der Waals surface area (Å²) in [5, 5.41) is 7.41. The summed E-state index contributed by atoms with van der Waals surface area (Å²) in [6.07, 6.45) is 0.0000307. The highest BCUT2D eigenvalue weighted by Gasteiger charge is 2.30. The number of carbonyl (C=O) groups is 1. The Kier molecular flexibility index (Phi) is 4.86. The van der Waals surface area contributed by atoms with Crippen LogP contribution in [0.1, 0.15) is 18.9 Å².